The molecule has 4 N–H and O–H groups in total. The molecule has 0 spiro atoms. The molecule has 11 heteroatoms. The van der Waals surface area contributed by atoms with E-state index < -0.39 is 32.6 Å². The number of amides is 1. The van der Waals surface area contributed by atoms with Gasteiger partial charge in [0.1, 0.15) is 22.9 Å². The maximum absolute atomic E-state index is 13.3. The van der Waals surface area contributed by atoms with Crippen molar-refractivity contribution in [2.24, 2.45) is 0 Å². The first-order valence-corrected chi connectivity index (χ1v) is 10.6. The fourth-order valence-corrected chi connectivity index (χ4v) is 5.88. The highest BCUT2D eigenvalue weighted by Gasteiger charge is 2.54. The number of halogens is 1. The zero-order valence-electron chi connectivity index (χ0n) is 15.2. The van der Waals surface area contributed by atoms with Crippen LogP contribution < -0.4 is 15.5 Å². The van der Waals surface area contributed by atoms with E-state index in [2.05, 4.69) is 5.32 Å². The van der Waals surface area contributed by atoms with Crippen LogP contribution in [0.5, 0.6) is 5.75 Å². The van der Waals surface area contributed by atoms with Crippen LogP contribution in [0, 0.1) is 5.82 Å². The van der Waals surface area contributed by atoms with Gasteiger partial charge in [-0.05, 0) is 37.9 Å². The van der Waals surface area contributed by atoms with E-state index in [-0.39, 0.29) is 32.2 Å². The Morgan fingerprint density at radius 1 is 1.32 bits per heavy atom. The van der Waals surface area contributed by atoms with E-state index in [9.17, 15) is 22.7 Å². The number of hydrogen-bond acceptors (Lipinski definition) is 7. The SMILES string of the molecule is O=C(NO)C1(O)CNCCC1S(=O)(=O)N1CCC(Oc2cccc(F)c2)CC1. The third kappa shape index (κ3) is 4.13. The zero-order chi connectivity index (χ0) is 20.4. The van der Waals surface area contributed by atoms with Gasteiger partial charge in [-0.25, -0.2) is 22.6 Å². The summed E-state index contributed by atoms with van der Waals surface area (Å²) in [5.74, 6) is -1.18. The normalized spacial score (nSPS) is 27.3. The number of aliphatic hydroxyl groups is 1. The Morgan fingerprint density at radius 2 is 2.04 bits per heavy atom. The standard InChI is InChI=1S/C17H24FN3O6S/c18-12-2-1-3-14(10-12)27-13-5-8-21(9-6-13)28(25,26)15-4-7-19-11-17(15,23)16(22)20-24/h1-3,10,13,15,19,23-24H,4-9,11H2,(H,20,22). The molecule has 2 aliphatic rings. The molecule has 3 rings (SSSR count). The maximum Gasteiger partial charge on any atom is 0.278 e. The van der Waals surface area contributed by atoms with Crippen molar-refractivity contribution in [3.05, 3.63) is 30.1 Å². The lowest BCUT2D eigenvalue weighted by atomic mass is 9.93. The van der Waals surface area contributed by atoms with E-state index in [1.165, 1.54) is 28.0 Å². The molecule has 2 heterocycles. The average Bonchev–Trinajstić information content (AvgIpc) is 2.68. The average molecular weight is 417 g/mol. The number of sulfonamides is 1. The summed E-state index contributed by atoms with van der Waals surface area (Å²) in [5.41, 5.74) is -0.907. The van der Waals surface area contributed by atoms with Gasteiger partial charge in [-0.3, -0.25) is 10.0 Å². The van der Waals surface area contributed by atoms with E-state index in [4.69, 9.17) is 9.94 Å². The Balaban J connectivity index is 1.67. The minimum absolute atomic E-state index is 0.0337. The van der Waals surface area contributed by atoms with Gasteiger partial charge in [-0.1, -0.05) is 6.07 Å². The highest BCUT2D eigenvalue weighted by Crippen LogP contribution is 2.29. The predicted molar refractivity (Wildman–Crippen MR) is 96.7 cm³/mol. The maximum atomic E-state index is 13.3. The smallest absolute Gasteiger partial charge is 0.278 e. The minimum atomic E-state index is -3.99. The van der Waals surface area contributed by atoms with Gasteiger partial charge >= 0.3 is 0 Å². The Bertz CT molecular complexity index is 815. The number of nitrogens with one attached hydrogen (secondary N) is 2. The number of carbonyl (C=O) groups is 1. The molecule has 2 fully saturated rings. The van der Waals surface area contributed by atoms with Crippen LogP contribution in [0.2, 0.25) is 0 Å². The van der Waals surface area contributed by atoms with Crippen molar-refractivity contribution < 1.29 is 32.7 Å². The second kappa shape index (κ2) is 8.29. The first-order chi connectivity index (χ1) is 13.3. The third-order valence-corrected chi connectivity index (χ3v) is 7.65. The number of hydroxylamine groups is 1. The Hall–Kier alpha value is -1.79. The van der Waals surface area contributed by atoms with Gasteiger partial charge in [-0.2, -0.15) is 0 Å². The number of ether oxygens (including phenoxy) is 1. The van der Waals surface area contributed by atoms with E-state index in [0.29, 0.717) is 25.1 Å². The first kappa shape index (κ1) is 20.9. The lowest BCUT2D eigenvalue weighted by Crippen LogP contribution is -2.67. The van der Waals surface area contributed by atoms with Crippen molar-refractivity contribution in [2.45, 2.75) is 36.2 Å². The monoisotopic (exact) mass is 417 g/mol. The Labute approximate surface area is 162 Å². The second-order valence-electron chi connectivity index (χ2n) is 7.04. The summed E-state index contributed by atoms with van der Waals surface area (Å²) in [4.78, 5) is 11.9. The molecule has 0 bridgehead atoms. The van der Waals surface area contributed by atoms with Crippen LogP contribution in [0.1, 0.15) is 19.3 Å². The number of hydrogen-bond donors (Lipinski definition) is 4. The van der Waals surface area contributed by atoms with Crippen LogP contribution >= 0.6 is 0 Å². The van der Waals surface area contributed by atoms with E-state index >= 15 is 0 Å². The number of piperidine rings is 2. The van der Waals surface area contributed by atoms with Crippen LogP contribution in [0.4, 0.5) is 4.39 Å². The van der Waals surface area contributed by atoms with Gasteiger partial charge in [0.2, 0.25) is 10.0 Å². The van der Waals surface area contributed by atoms with Crippen molar-refractivity contribution in [1.82, 2.24) is 15.1 Å². The molecule has 0 saturated carbocycles. The Morgan fingerprint density at radius 3 is 2.68 bits per heavy atom. The Kier molecular flexibility index (Phi) is 6.20. The molecule has 0 aliphatic carbocycles. The molecular weight excluding hydrogens is 393 g/mol. The predicted octanol–water partition coefficient (Wildman–Crippen LogP) is -0.403. The van der Waals surface area contributed by atoms with Crippen LogP contribution in [0.15, 0.2) is 24.3 Å². The van der Waals surface area contributed by atoms with Gasteiger partial charge in [0.25, 0.3) is 5.91 Å². The molecule has 9 nitrogen and oxygen atoms in total. The van der Waals surface area contributed by atoms with Gasteiger partial charge in [0.15, 0.2) is 5.60 Å². The van der Waals surface area contributed by atoms with Crippen LogP contribution in [-0.4, -0.2) is 72.1 Å². The molecule has 2 atom stereocenters. The fraction of sp³-hybridized carbons (Fsp3) is 0.588. The van der Waals surface area contributed by atoms with Crippen LogP contribution in [0.3, 0.4) is 0 Å². The van der Waals surface area contributed by atoms with E-state index in [0.717, 1.165) is 0 Å². The highest BCUT2D eigenvalue weighted by molar-refractivity contribution is 7.89. The summed E-state index contributed by atoms with van der Waals surface area (Å²) in [5, 5.41) is 21.0. The summed E-state index contributed by atoms with van der Waals surface area (Å²) < 4.78 is 46.4. The fourth-order valence-electron chi connectivity index (χ4n) is 3.70. The molecule has 1 amide bonds. The second-order valence-corrected chi connectivity index (χ2v) is 9.15. The quantitative estimate of drug-likeness (QED) is 0.379. The number of carbonyl (C=O) groups excluding carboxylic acids is 1. The van der Waals surface area contributed by atoms with Gasteiger partial charge in [-0.15, -0.1) is 0 Å². The number of β-amino-alcohol motifs (C(OH)–C–C–N with tert-alkyl or cyclic N) is 1. The molecule has 2 saturated heterocycles. The summed E-state index contributed by atoms with van der Waals surface area (Å²) in [6.45, 7) is 0.360. The molecule has 2 aliphatic heterocycles. The number of rotatable bonds is 5. The highest BCUT2D eigenvalue weighted by atomic mass is 32.2. The minimum Gasteiger partial charge on any atom is -0.490 e. The van der Waals surface area contributed by atoms with Crippen molar-refractivity contribution >= 4 is 15.9 Å². The van der Waals surface area contributed by atoms with Crippen molar-refractivity contribution in [3.8, 4) is 5.75 Å². The molecule has 28 heavy (non-hydrogen) atoms. The summed E-state index contributed by atoms with van der Waals surface area (Å²) in [6, 6.07) is 5.75. The lowest BCUT2D eigenvalue weighted by Gasteiger charge is -2.41. The summed E-state index contributed by atoms with van der Waals surface area (Å²) in [6.07, 6.45) is 0.559. The van der Waals surface area contributed by atoms with Crippen LogP contribution in [0.25, 0.3) is 0 Å². The molecule has 1 aromatic carbocycles. The van der Waals surface area contributed by atoms with Crippen molar-refractivity contribution in [2.75, 3.05) is 26.2 Å². The van der Waals surface area contributed by atoms with Crippen molar-refractivity contribution in [1.29, 1.82) is 0 Å². The molecule has 2 unspecified atom stereocenters. The lowest BCUT2D eigenvalue weighted by molar-refractivity contribution is -0.150. The molecule has 0 radical (unpaired) electrons. The van der Waals surface area contributed by atoms with Gasteiger partial charge in [0, 0.05) is 25.7 Å². The zero-order valence-corrected chi connectivity index (χ0v) is 16.0. The topological polar surface area (TPSA) is 128 Å². The number of nitrogens with zero attached hydrogens (tertiary/aromatic N) is 1. The number of benzene rings is 1. The first-order valence-electron chi connectivity index (χ1n) is 9.06. The van der Waals surface area contributed by atoms with E-state index in [1.54, 1.807) is 6.07 Å². The summed E-state index contributed by atoms with van der Waals surface area (Å²) in [7, 11) is -3.99. The largest absolute Gasteiger partial charge is 0.490 e. The molecule has 1 aromatic rings. The molecular formula is C17H24FN3O6S. The molecule has 0 aromatic heterocycles. The van der Waals surface area contributed by atoms with E-state index in [1.807, 2.05) is 0 Å². The van der Waals surface area contributed by atoms with Crippen LogP contribution in [-0.2, 0) is 14.8 Å². The van der Waals surface area contributed by atoms with Gasteiger partial charge < -0.3 is 15.2 Å². The third-order valence-electron chi connectivity index (χ3n) is 5.22. The van der Waals surface area contributed by atoms with Crippen molar-refractivity contribution in [3.63, 3.8) is 0 Å². The molecule has 156 valence electrons. The summed E-state index contributed by atoms with van der Waals surface area (Å²) >= 11 is 0. The van der Waals surface area contributed by atoms with Gasteiger partial charge in [0.05, 0.1) is 0 Å².